The lowest BCUT2D eigenvalue weighted by Gasteiger charge is -2.29. The number of H-pyrrole nitrogens is 1. The molecule has 0 unspecified atom stereocenters. The minimum atomic E-state index is -0.393. The Morgan fingerprint density at radius 3 is 2.85 bits per heavy atom. The van der Waals surface area contributed by atoms with Crippen molar-refractivity contribution in [1.29, 1.82) is 0 Å². The maximum atomic E-state index is 12.8. The number of nitrogens with one attached hydrogen (secondary N) is 2. The van der Waals surface area contributed by atoms with Crippen LogP contribution in [0.5, 0.6) is 11.5 Å². The average Bonchev–Trinajstić information content (AvgIpc) is 3.02. The third-order valence-corrected chi connectivity index (χ3v) is 4.33. The Morgan fingerprint density at radius 1 is 1.23 bits per heavy atom. The van der Waals surface area contributed by atoms with E-state index in [1.807, 2.05) is 50.3 Å². The molecule has 6 nitrogen and oxygen atoms in total. The van der Waals surface area contributed by atoms with Gasteiger partial charge in [0.05, 0.1) is 23.8 Å². The summed E-state index contributed by atoms with van der Waals surface area (Å²) in [6, 6.07) is 11.1. The van der Waals surface area contributed by atoms with Crippen molar-refractivity contribution >= 4 is 28.7 Å². The first-order valence-corrected chi connectivity index (χ1v) is 8.32. The second-order valence-corrected chi connectivity index (χ2v) is 6.67. The molecule has 132 valence electrons. The monoisotopic (exact) mass is 349 g/mol. The first-order valence-electron chi connectivity index (χ1n) is 8.32. The third-order valence-electron chi connectivity index (χ3n) is 4.33. The maximum Gasteiger partial charge on any atom is 0.260 e. The van der Waals surface area contributed by atoms with Gasteiger partial charge in [-0.1, -0.05) is 12.1 Å². The first kappa shape index (κ1) is 16.2. The Hall–Kier alpha value is -3.28. The molecule has 0 bridgehead atoms. The molecular formula is C20H19N3O3. The zero-order valence-corrected chi connectivity index (χ0v) is 14.8. The standard InChI is InChI=1S/C20H19N3O3/c1-20(2)11-10-13-16(26-20)9-8-14(17(13)25-3)19(24)21-18-12-6-4-5-7-15(12)22-23-18/h4-11H,1-3H3,(H2,21,22,23,24). The fourth-order valence-electron chi connectivity index (χ4n) is 3.06. The largest absolute Gasteiger partial charge is 0.495 e. The van der Waals surface area contributed by atoms with E-state index in [4.69, 9.17) is 9.47 Å². The van der Waals surface area contributed by atoms with Crippen LogP contribution < -0.4 is 14.8 Å². The van der Waals surface area contributed by atoms with Crippen molar-refractivity contribution in [1.82, 2.24) is 10.2 Å². The number of amides is 1. The smallest absolute Gasteiger partial charge is 0.260 e. The molecule has 4 rings (SSSR count). The van der Waals surface area contributed by atoms with Gasteiger partial charge in [-0.3, -0.25) is 9.89 Å². The van der Waals surface area contributed by atoms with Crippen LogP contribution in [0.4, 0.5) is 5.82 Å². The maximum absolute atomic E-state index is 12.8. The third kappa shape index (κ3) is 2.69. The normalized spacial score (nSPS) is 14.6. The van der Waals surface area contributed by atoms with E-state index in [1.165, 1.54) is 0 Å². The fourth-order valence-corrected chi connectivity index (χ4v) is 3.06. The van der Waals surface area contributed by atoms with E-state index in [0.29, 0.717) is 22.9 Å². The highest BCUT2D eigenvalue weighted by Gasteiger charge is 2.26. The topological polar surface area (TPSA) is 76.2 Å². The molecule has 2 N–H and O–H groups in total. The molecule has 0 aliphatic carbocycles. The molecule has 2 aromatic carbocycles. The lowest BCUT2D eigenvalue weighted by atomic mass is 9.99. The molecule has 1 aliphatic rings. The number of benzene rings is 2. The minimum Gasteiger partial charge on any atom is -0.495 e. The summed E-state index contributed by atoms with van der Waals surface area (Å²) in [4.78, 5) is 12.8. The van der Waals surface area contributed by atoms with E-state index in [-0.39, 0.29) is 5.91 Å². The van der Waals surface area contributed by atoms with Crippen LogP contribution in [-0.4, -0.2) is 28.8 Å². The number of fused-ring (bicyclic) bond motifs is 2. The number of hydrogen-bond donors (Lipinski definition) is 2. The van der Waals surface area contributed by atoms with Crippen molar-refractivity contribution in [3.05, 3.63) is 53.6 Å². The lowest BCUT2D eigenvalue weighted by Crippen LogP contribution is -2.28. The number of aromatic amines is 1. The molecule has 0 saturated carbocycles. The van der Waals surface area contributed by atoms with Gasteiger partial charge in [-0.25, -0.2) is 0 Å². The summed E-state index contributed by atoms with van der Waals surface area (Å²) in [6.07, 6.45) is 3.87. The summed E-state index contributed by atoms with van der Waals surface area (Å²) >= 11 is 0. The highest BCUT2D eigenvalue weighted by atomic mass is 16.5. The van der Waals surface area contributed by atoms with Crippen LogP contribution >= 0.6 is 0 Å². The number of aromatic nitrogens is 2. The molecule has 26 heavy (non-hydrogen) atoms. The summed E-state index contributed by atoms with van der Waals surface area (Å²) in [5, 5.41) is 10.8. The van der Waals surface area contributed by atoms with Gasteiger partial charge >= 0.3 is 0 Å². The van der Waals surface area contributed by atoms with E-state index in [1.54, 1.807) is 19.2 Å². The lowest BCUT2D eigenvalue weighted by molar-refractivity contribution is 0.102. The second kappa shape index (κ2) is 5.91. The van der Waals surface area contributed by atoms with Gasteiger partial charge in [0.1, 0.15) is 17.1 Å². The highest BCUT2D eigenvalue weighted by molar-refractivity contribution is 6.10. The van der Waals surface area contributed by atoms with Crippen molar-refractivity contribution in [3.63, 3.8) is 0 Å². The summed E-state index contributed by atoms with van der Waals surface area (Å²) in [6.45, 7) is 3.95. The second-order valence-electron chi connectivity index (χ2n) is 6.67. The highest BCUT2D eigenvalue weighted by Crippen LogP contribution is 2.39. The average molecular weight is 349 g/mol. The number of ether oxygens (including phenoxy) is 2. The molecule has 0 saturated heterocycles. The van der Waals surface area contributed by atoms with Crippen LogP contribution in [0.15, 0.2) is 42.5 Å². The predicted octanol–water partition coefficient (Wildman–Crippen LogP) is 4.01. The Kier molecular flexibility index (Phi) is 3.68. The van der Waals surface area contributed by atoms with Gasteiger partial charge in [-0.2, -0.15) is 5.10 Å². The number of methoxy groups -OCH3 is 1. The van der Waals surface area contributed by atoms with Gasteiger partial charge in [0, 0.05) is 5.39 Å². The number of rotatable bonds is 3. The fraction of sp³-hybridized carbons (Fsp3) is 0.200. The van der Waals surface area contributed by atoms with Gasteiger partial charge in [0.15, 0.2) is 5.82 Å². The minimum absolute atomic E-state index is 0.292. The number of carbonyl (C=O) groups is 1. The summed E-state index contributed by atoms with van der Waals surface area (Å²) in [5.74, 6) is 1.36. The quantitative estimate of drug-likeness (QED) is 0.749. The Bertz CT molecular complexity index is 1030. The Balaban J connectivity index is 1.70. The Labute approximate surface area is 150 Å². The molecule has 1 amide bonds. The van der Waals surface area contributed by atoms with Crippen LogP contribution in [0.1, 0.15) is 29.8 Å². The molecule has 0 spiro atoms. The molecule has 0 fully saturated rings. The number of nitrogens with zero attached hydrogens (tertiary/aromatic N) is 1. The van der Waals surface area contributed by atoms with E-state index >= 15 is 0 Å². The van der Waals surface area contributed by atoms with Gasteiger partial charge in [0.25, 0.3) is 5.91 Å². The molecule has 0 atom stereocenters. The van der Waals surface area contributed by atoms with Gasteiger partial charge < -0.3 is 14.8 Å². The summed E-state index contributed by atoms with van der Waals surface area (Å²) < 4.78 is 11.5. The van der Waals surface area contributed by atoms with Crippen molar-refractivity contribution < 1.29 is 14.3 Å². The zero-order valence-electron chi connectivity index (χ0n) is 14.8. The molecule has 1 aromatic heterocycles. The molecule has 2 heterocycles. The molecule has 0 radical (unpaired) electrons. The SMILES string of the molecule is COc1c(C(=O)Nc2n[nH]c3ccccc23)ccc2c1C=CC(C)(C)O2. The molecule has 3 aromatic rings. The van der Waals surface area contributed by atoms with Crippen molar-refractivity contribution in [2.45, 2.75) is 19.4 Å². The van der Waals surface area contributed by atoms with Crippen molar-refractivity contribution in [2.75, 3.05) is 12.4 Å². The summed E-state index contributed by atoms with van der Waals surface area (Å²) in [5.41, 5.74) is 1.65. The number of anilines is 1. The summed E-state index contributed by atoms with van der Waals surface area (Å²) in [7, 11) is 1.55. The van der Waals surface area contributed by atoms with E-state index < -0.39 is 5.60 Å². The van der Waals surface area contributed by atoms with Crippen LogP contribution in [0, 0.1) is 0 Å². The Morgan fingerprint density at radius 2 is 2.04 bits per heavy atom. The number of carbonyl (C=O) groups excluding carboxylic acids is 1. The van der Waals surface area contributed by atoms with Crippen molar-refractivity contribution in [3.8, 4) is 11.5 Å². The molecule has 6 heteroatoms. The first-order chi connectivity index (χ1) is 12.5. The number of hydrogen-bond acceptors (Lipinski definition) is 4. The van der Waals surface area contributed by atoms with Gasteiger partial charge in [0.2, 0.25) is 0 Å². The van der Waals surface area contributed by atoms with Crippen LogP contribution in [0.25, 0.3) is 17.0 Å². The van der Waals surface area contributed by atoms with Crippen LogP contribution in [0.3, 0.4) is 0 Å². The zero-order chi connectivity index (χ0) is 18.3. The van der Waals surface area contributed by atoms with Gasteiger partial charge in [-0.15, -0.1) is 0 Å². The van der Waals surface area contributed by atoms with Crippen LogP contribution in [-0.2, 0) is 0 Å². The van der Waals surface area contributed by atoms with Crippen LogP contribution in [0.2, 0.25) is 0 Å². The van der Waals surface area contributed by atoms with E-state index in [2.05, 4.69) is 15.5 Å². The predicted molar refractivity (Wildman–Crippen MR) is 101 cm³/mol. The van der Waals surface area contributed by atoms with E-state index in [0.717, 1.165) is 16.5 Å². The van der Waals surface area contributed by atoms with E-state index in [9.17, 15) is 4.79 Å². The van der Waals surface area contributed by atoms with Gasteiger partial charge in [-0.05, 0) is 50.3 Å². The van der Waals surface area contributed by atoms with Crippen molar-refractivity contribution in [2.24, 2.45) is 0 Å². The molecule has 1 aliphatic heterocycles. The number of para-hydroxylation sites is 1. The molecular weight excluding hydrogens is 330 g/mol.